The Morgan fingerprint density at radius 3 is 2.61 bits per heavy atom. The molecule has 3 aromatic heterocycles. The minimum atomic E-state index is -0.0154. The largest absolute Gasteiger partial charge is 0.496 e. The lowest BCUT2D eigenvalue weighted by Gasteiger charge is -2.19. The molecule has 164 valence electrons. The van der Waals surface area contributed by atoms with Crippen molar-refractivity contribution in [3.05, 3.63) is 71.5 Å². The third-order valence-electron chi connectivity index (χ3n) is 6.12. The van der Waals surface area contributed by atoms with Gasteiger partial charge in [-0.05, 0) is 38.5 Å². The second-order valence-electron chi connectivity index (χ2n) is 8.08. The Bertz CT molecular complexity index is 1510. The summed E-state index contributed by atoms with van der Waals surface area (Å²) in [5, 5.41) is 14.5. The summed E-state index contributed by atoms with van der Waals surface area (Å²) in [4.78, 5) is 9.46. The molecule has 0 aliphatic rings. The zero-order chi connectivity index (χ0) is 23.1. The average molecular weight is 438 g/mol. The molecule has 1 unspecified atom stereocenters. The number of methoxy groups -OCH3 is 1. The van der Waals surface area contributed by atoms with Crippen molar-refractivity contribution in [2.45, 2.75) is 33.2 Å². The summed E-state index contributed by atoms with van der Waals surface area (Å²) in [6.45, 7) is 5.93. The van der Waals surface area contributed by atoms with E-state index in [1.54, 1.807) is 13.3 Å². The number of rotatable bonds is 5. The maximum absolute atomic E-state index is 9.46. The fraction of sp³-hybridized carbons (Fsp3) is 0.231. The van der Waals surface area contributed by atoms with Crippen LogP contribution in [0.1, 0.15) is 35.8 Å². The highest BCUT2D eigenvalue weighted by Crippen LogP contribution is 2.40. The zero-order valence-electron chi connectivity index (χ0n) is 19.0. The van der Waals surface area contributed by atoms with Crippen molar-refractivity contribution < 1.29 is 9.26 Å². The Hall–Kier alpha value is -4.18. The molecule has 0 radical (unpaired) electrons. The summed E-state index contributed by atoms with van der Waals surface area (Å²) >= 11 is 0. The molecule has 0 amide bonds. The molecule has 0 aliphatic heterocycles. The number of imidazole rings is 1. The van der Waals surface area contributed by atoms with Gasteiger partial charge in [-0.2, -0.15) is 5.26 Å². The Balaban J connectivity index is 1.83. The van der Waals surface area contributed by atoms with Gasteiger partial charge in [-0.3, -0.25) is 4.98 Å². The van der Waals surface area contributed by atoms with Gasteiger partial charge in [-0.15, -0.1) is 0 Å². The number of nitrogens with zero attached hydrogens (tertiary/aromatic N) is 5. The van der Waals surface area contributed by atoms with Crippen LogP contribution >= 0.6 is 0 Å². The van der Waals surface area contributed by atoms with E-state index in [2.05, 4.69) is 34.8 Å². The minimum Gasteiger partial charge on any atom is -0.496 e. The van der Waals surface area contributed by atoms with Crippen LogP contribution in [0.4, 0.5) is 0 Å². The maximum Gasteiger partial charge on any atom is 0.141 e. The lowest BCUT2D eigenvalue weighted by atomic mass is 10.00. The van der Waals surface area contributed by atoms with Gasteiger partial charge in [-0.1, -0.05) is 35.5 Å². The van der Waals surface area contributed by atoms with Gasteiger partial charge >= 0.3 is 0 Å². The minimum absolute atomic E-state index is 0.0154. The van der Waals surface area contributed by atoms with Crippen molar-refractivity contribution in [2.75, 3.05) is 7.11 Å². The van der Waals surface area contributed by atoms with Gasteiger partial charge in [0.05, 0.1) is 54.1 Å². The molecule has 7 heteroatoms. The Labute approximate surface area is 191 Å². The standard InChI is InChI=1S/C26H23N5O2/c1-15-25(17(3)33-30-15)20-12-21-19(13-23(20)32-4)26-22(14-28-21)29-24(10-11-27)31(26)16(2)18-8-6-5-7-9-18/h5-9,12-14,16H,10H2,1-4H3. The van der Waals surface area contributed by atoms with Gasteiger partial charge in [0.2, 0.25) is 0 Å². The first-order chi connectivity index (χ1) is 16.0. The molecule has 2 aromatic carbocycles. The van der Waals surface area contributed by atoms with Crippen LogP contribution in [-0.2, 0) is 6.42 Å². The molecule has 0 fully saturated rings. The van der Waals surface area contributed by atoms with E-state index in [9.17, 15) is 5.26 Å². The molecule has 0 N–H and O–H groups in total. The Morgan fingerprint density at radius 2 is 1.94 bits per heavy atom. The number of nitriles is 1. The molecule has 0 spiro atoms. The second kappa shape index (κ2) is 8.06. The predicted octanol–water partition coefficient (Wildman–Crippen LogP) is 5.54. The third-order valence-corrected chi connectivity index (χ3v) is 6.12. The van der Waals surface area contributed by atoms with E-state index >= 15 is 0 Å². The van der Waals surface area contributed by atoms with Gasteiger partial charge in [-0.25, -0.2) is 4.98 Å². The summed E-state index contributed by atoms with van der Waals surface area (Å²) in [5.41, 5.74) is 6.22. The number of fused-ring (bicyclic) bond motifs is 3. The van der Waals surface area contributed by atoms with Gasteiger partial charge in [0.25, 0.3) is 0 Å². The fourth-order valence-electron chi connectivity index (χ4n) is 4.58. The van der Waals surface area contributed by atoms with Crippen LogP contribution in [-0.4, -0.2) is 26.8 Å². The van der Waals surface area contributed by atoms with Crippen molar-refractivity contribution in [3.63, 3.8) is 0 Å². The normalized spacial score (nSPS) is 12.2. The van der Waals surface area contributed by atoms with E-state index in [1.165, 1.54) is 0 Å². The van der Waals surface area contributed by atoms with E-state index in [1.807, 2.05) is 44.2 Å². The molecular formula is C26H23N5O2. The first-order valence-corrected chi connectivity index (χ1v) is 10.8. The van der Waals surface area contributed by atoms with Gasteiger partial charge in [0, 0.05) is 10.9 Å². The predicted molar refractivity (Wildman–Crippen MR) is 126 cm³/mol. The van der Waals surface area contributed by atoms with Crippen molar-refractivity contribution in [2.24, 2.45) is 0 Å². The Morgan fingerprint density at radius 1 is 1.15 bits per heavy atom. The Kier molecular flexibility index (Phi) is 5.06. The lowest BCUT2D eigenvalue weighted by Crippen LogP contribution is -2.10. The van der Waals surface area contributed by atoms with Crippen molar-refractivity contribution in [3.8, 4) is 22.9 Å². The summed E-state index contributed by atoms with van der Waals surface area (Å²) < 4.78 is 13.3. The van der Waals surface area contributed by atoms with Crippen molar-refractivity contribution in [1.82, 2.24) is 19.7 Å². The van der Waals surface area contributed by atoms with E-state index in [0.717, 1.165) is 50.1 Å². The number of pyridine rings is 1. The monoisotopic (exact) mass is 437 g/mol. The van der Waals surface area contributed by atoms with Crippen LogP contribution in [0.25, 0.3) is 33.1 Å². The van der Waals surface area contributed by atoms with E-state index in [-0.39, 0.29) is 12.5 Å². The zero-order valence-corrected chi connectivity index (χ0v) is 19.0. The molecule has 5 aromatic rings. The van der Waals surface area contributed by atoms with Crippen LogP contribution < -0.4 is 4.74 Å². The number of hydrogen-bond donors (Lipinski definition) is 0. The average Bonchev–Trinajstić information content (AvgIpc) is 3.37. The molecule has 33 heavy (non-hydrogen) atoms. The molecule has 0 bridgehead atoms. The maximum atomic E-state index is 9.46. The van der Waals surface area contributed by atoms with Crippen molar-refractivity contribution >= 4 is 21.9 Å². The number of benzene rings is 2. The molecule has 0 aliphatic carbocycles. The van der Waals surface area contributed by atoms with Crippen LogP contribution in [0.15, 0.2) is 53.2 Å². The second-order valence-corrected chi connectivity index (χ2v) is 8.08. The molecule has 0 saturated heterocycles. The first-order valence-electron chi connectivity index (χ1n) is 10.8. The first kappa shape index (κ1) is 20.7. The summed E-state index contributed by atoms with van der Waals surface area (Å²) in [7, 11) is 1.65. The summed E-state index contributed by atoms with van der Waals surface area (Å²) in [6, 6.07) is 16.5. The molecule has 3 heterocycles. The van der Waals surface area contributed by atoms with Gasteiger partial charge in [0.1, 0.15) is 22.9 Å². The highest BCUT2D eigenvalue weighted by molar-refractivity contribution is 6.05. The fourth-order valence-corrected chi connectivity index (χ4v) is 4.58. The molecule has 1 atom stereocenters. The molecular weight excluding hydrogens is 414 g/mol. The highest BCUT2D eigenvalue weighted by atomic mass is 16.5. The lowest BCUT2D eigenvalue weighted by molar-refractivity contribution is 0.393. The molecule has 0 saturated carbocycles. The van der Waals surface area contributed by atoms with Crippen LogP contribution in [0, 0.1) is 25.2 Å². The van der Waals surface area contributed by atoms with Crippen LogP contribution in [0.5, 0.6) is 5.75 Å². The van der Waals surface area contributed by atoms with E-state index in [0.29, 0.717) is 11.6 Å². The number of ether oxygens (including phenoxy) is 1. The quantitative estimate of drug-likeness (QED) is 0.359. The van der Waals surface area contributed by atoms with E-state index < -0.39 is 0 Å². The van der Waals surface area contributed by atoms with Crippen LogP contribution in [0.2, 0.25) is 0 Å². The van der Waals surface area contributed by atoms with E-state index in [4.69, 9.17) is 19.2 Å². The van der Waals surface area contributed by atoms with Crippen molar-refractivity contribution in [1.29, 1.82) is 5.26 Å². The number of aryl methyl sites for hydroxylation is 2. The number of aromatic nitrogens is 4. The smallest absolute Gasteiger partial charge is 0.141 e. The third kappa shape index (κ3) is 3.31. The van der Waals surface area contributed by atoms with Gasteiger partial charge in [0.15, 0.2) is 0 Å². The SMILES string of the molecule is COc1cc2c(cc1-c1c(C)noc1C)ncc1nc(CC#N)n(C(C)c3ccccc3)c12. The summed E-state index contributed by atoms with van der Waals surface area (Å²) in [5.74, 6) is 2.14. The molecule has 5 rings (SSSR count). The van der Waals surface area contributed by atoms with Gasteiger partial charge < -0.3 is 13.8 Å². The highest BCUT2D eigenvalue weighted by Gasteiger charge is 2.22. The molecule has 7 nitrogen and oxygen atoms in total. The number of hydrogen-bond acceptors (Lipinski definition) is 6. The van der Waals surface area contributed by atoms with Crippen LogP contribution in [0.3, 0.4) is 0 Å². The summed E-state index contributed by atoms with van der Waals surface area (Å²) in [6.07, 6.45) is 1.98. The topological polar surface area (TPSA) is 89.8 Å².